The molecule has 0 radical (unpaired) electrons. The zero-order valence-corrected chi connectivity index (χ0v) is 8.02. The van der Waals surface area contributed by atoms with Gasteiger partial charge < -0.3 is 4.57 Å². The Hall–Kier alpha value is -1.36. The van der Waals surface area contributed by atoms with E-state index in [1.165, 1.54) is 12.2 Å². The molecule has 1 aromatic rings. The number of aromatic nitrogens is 2. The van der Waals surface area contributed by atoms with Crippen LogP contribution in [0.3, 0.4) is 0 Å². The lowest BCUT2D eigenvalue weighted by atomic mass is 10.4. The summed E-state index contributed by atoms with van der Waals surface area (Å²) in [4.78, 5) is 20.3. The van der Waals surface area contributed by atoms with Crippen LogP contribution in [0.25, 0.3) is 0 Å². The van der Waals surface area contributed by atoms with Gasteiger partial charge >= 0.3 is 0 Å². The SMILES string of the molecule is CCN(OC)C(=O)c1cn(C)cn1. The molecule has 1 heterocycles. The summed E-state index contributed by atoms with van der Waals surface area (Å²) in [6, 6.07) is 0. The van der Waals surface area contributed by atoms with E-state index >= 15 is 0 Å². The molecule has 5 nitrogen and oxygen atoms in total. The van der Waals surface area contributed by atoms with Crippen LogP contribution in [0.2, 0.25) is 0 Å². The van der Waals surface area contributed by atoms with Crippen LogP contribution in [0, 0.1) is 0 Å². The van der Waals surface area contributed by atoms with E-state index < -0.39 is 0 Å². The molecule has 5 heteroatoms. The number of hydrogen-bond donors (Lipinski definition) is 0. The highest BCUT2D eigenvalue weighted by Gasteiger charge is 2.15. The second-order valence-electron chi connectivity index (χ2n) is 2.61. The predicted molar refractivity (Wildman–Crippen MR) is 46.9 cm³/mol. The third-order valence-electron chi connectivity index (χ3n) is 1.66. The van der Waals surface area contributed by atoms with Crippen molar-refractivity contribution in [2.24, 2.45) is 7.05 Å². The summed E-state index contributed by atoms with van der Waals surface area (Å²) in [6.07, 6.45) is 3.24. The molecule has 0 N–H and O–H groups in total. The van der Waals surface area contributed by atoms with Gasteiger partial charge in [-0.1, -0.05) is 0 Å². The first-order chi connectivity index (χ1) is 6.19. The van der Waals surface area contributed by atoms with Gasteiger partial charge in [-0.25, -0.2) is 10.0 Å². The van der Waals surface area contributed by atoms with Crippen molar-refractivity contribution in [2.75, 3.05) is 13.7 Å². The molecule has 0 aromatic carbocycles. The van der Waals surface area contributed by atoms with Gasteiger partial charge in [-0.05, 0) is 6.92 Å². The lowest BCUT2D eigenvalue weighted by Crippen LogP contribution is -2.29. The van der Waals surface area contributed by atoms with E-state index in [1.54, 1.807) is 17.1 Å². The van der Waals surface area contributed by atoms with Crippen molar-refractivity contribution in [1.29, 1.82) is 0 Å². The molecule has 1 aromatic heterocycles. The molecule has 0 spiro atoms. The Balaban J connectivity index is 2.78. The summed E-state index contributed by atoms with van der Waals surface area (Å²) in [5.74, 6) is -0.217. The van der Waals surface area contributed by atoms with Crippen LogP contribution in [-0.2, 0) is 11.9 Å². The van der Waals surface area contributed by atoms with Crippen molar-refractivity contribution in [2.45, 2.75) is 6.92 Å². The summed E-state index contributed by atoms with van der Waals surface area (Å²) in [7, 11) is 3.28. The average Bonchev–Trinajstić information content (AvgIpc) is 2.54. The molecule has 1 amide bonds. The van der Waals surface area contributed by atoms with Crippen molar-refractivity contribution in [3.8, 4) is 0 Å². The van der Waals surface area contributed by atoms with E-state index in [9.17, 15) is 4.79 Å². The van der Waals surface area contributed by atoms with Gasteiger partial charge in [0.1, 0.15) is 5.69 Å². The average molecular weight is 183 g/mol. The highest BCUT2D eigenvalue weighted by atomic mass is 16.7. The van der Waals surface area contributed by atoms with Crippen molar-refractivity contribution in [1.82, 2.24) is 14.6 Å². The van der Waals surface area contributed by atoms with Crippen LogP contribution in [0.1, 0.15) is 17.4 Å². The van der Waals surface area contributed by atoms with E-state index in [4.69, 9.17) is 4.84 Å². The maximum atomic E-state index is 11.5. The van der Waals surface area contributed by atoms with Crippen LogP contribution in [0.15, 0.2) is 12.5 Å². The van der Waals surface area contributed by atoms with Crippen LogP contribution >= 0.6 is 0 Å². The standard InChI is InChI=1S/C8H13N3O2/c1-4-11(13-3)8(12)7-5-10(2)6-9-7/h5-6H,4H2,1-3H3. The number of hydrogen-bond acceptors (Lipinski definition) is 3. The van der Waals surface area contributed by atoms with Gasteiger partial charge in [0.2, 0.25) is 0 Å². The van der Waals surface area contributed by atoms with Crippen molar-refractivity contribution in [3.05, 3.63) is 18.2 Å². The molecule has 1 rings (SSSR count). The van der Waals surface area contributed by atoms with Crippen LogP contribution in [-0.4, -0.2) is 34.2 Å². The van der Waals surface area contributed by atoms with E-state index in [2.05, 4.69) is 4.98 Å². The molecule has 0 saturated heterocycles. The first-order valence-electron chi connectivity index (χ1n) is 4.03. The summed E-state index contributed by atoms with van der Waals surface area (Å²) in [5, 5.41) is 1.25. The fourth-order valence-electron chi connectivity index (χ4n) is 1.01. The van der Waals surface area contributed by atoms with E-state index in [1.807, 2.05) is 14.0 Å². The fourth-order valence-corrected chi connectivity index (χ4v) is 1.01. The molecule has 0 fully saturated rings. The van der Waals surface area contributed by atoms with Crippen LogP contribution in [0.4, 0.5) is 0 Å². The zero-order chi connectivity index (χ0) is 9.84. The predicted octanol–water partition coefficient (Wildman–Crippen LogP) is 0.444. The van der Waals surface area contributed by atoms with Gasteiger partial charge in [0, 0.05) is 19.8 Å². The number of rotatable bonds is 3. The summed E-state index contributed by atoms with van der Waals surface area (Å²) in [6.45, 7) is 2.34. The quantitative estimate of drug-likeness (QED) is 0.639. The number of nitrogens with zero attached hydrogens (tertiary/aromatic N) is 3. The summed E-state index contributed by atoms with van der Waals surface area (Å²) < 4.78 is 1.72. The first kappa shape index (κ1) is 9.73. The van der Waals surface area contributed by atoms with Gasteiger partial charge in [0.15, 0.2) is 0 Å². The highest BCUT2D eigenvalue weighted by molar-refractivity contribution is 5.91. The van der Waals surface area contributed by atoms with E-state index in [0.717, 1.165) is 0 Å². The smallest absolute Gasteiger partial charge is 0.297 e. The topological polar surface area (TPSA) is 47.4 Å². The number of aryl methyl sites for hydroxylation is 1. The zero-order valence-electron chi connectivity index (χ0n) is 8.02. The number of imidazole rings is 1. The third kappa shape index (κ3) is 2.06. The van der Waals surface area contributed by atoms with E-state index in [-0.39, 0.29) is 5.91 Å². The van der Waals surface area contributed by atoms with Crippen molar-refractivity contribution >= 4 is 5.91 Å². The molecule has 72 valence electrons. The number of amides is 1. The Kier molecular flexibility index (Phi) is 3.02. The Bertz CT molecular complexity index is 291. The molecule has 0 bridgehead atoms. The summed E-state index contributed by atoms with van der Waals surface area (Å²) in [5.41, 5.74) is 0.395. The Labute approximate surface area is 76.9 Å². The third-order valence-corrected chi connectivity index (χ3v) is 1.66. The monoisotopic (exact) mass is 183 g/mol. The van der Waals surface area contributed by atoms with Gasteiger partial charge in [0.25, 0.3) is 5.91 Å². The van der Waals surface area contributed by atoms with Gasteiger partial charge in [-0.15, -0.1) is 0 Å². The number of carbonyl (C=O) groups excluding carboxylic acids is 1. The second kappa shape index (κ2) is 4.04. The number of carbonyl (C=O) groups is 1. The maximum absolute atomic E-state index is 11.5. The number of hydroxylamine groups is 2. The van der Waals surface area contributed by atoms with Crippen LogP contribution in [0.5, 0.6) is 0 Å². The maximum Gasteiger partial charge on any atom is 0.297 e. The molecule has 0 aliphatic rings. The molecule has 13 heavy (non-hydrogen) atoms. The molecule has 0 unspecified atom stereocenters. The minimum absolute atomic E-state index is 0.217. The van der Waals surface area contributed by atoms with Gasteiger partial charge in [-0.2, -0.15) is 0 Å². The Morgan fingerprint density at radius 3 is 2.85 bits per heavy atom. The van der Waals surface area contributed by atoms with Gasteiger partial charge in [0.05, 0.1) is 13.4 Å². The molecule has 0 aliphatic carbocycles. The molecular formula is C8H13N3O2. The minimum Gasteiger partial charge on any atom is -0.340 e. The van der Waals surface area contributed by atoms with Crippen molar-refractivity contribution in [3.63, 3.8) is 0 Å². The highest BCUT2D eigenvalue weighted by Crippen LogP contribution is 2.01. The minimum atomic E-state index is -0.217. The van der Waals surface area contributed by atoms with Crippen LogP contribution < -0.4 is 0 Å². The van der Waals surface area contributed by atoms with E-state index in [0.29, 0.717) is 12.2 Å². The van der Waals surface area contributed by atoms with Gasteiger partial charge in [-0.3, -0.25) is 9.63 Å². The van der Waals surface area contributed by atoms with Crippen molar-refractivity contribution < 1.29 is 9.63 Å². The first-order valence-corrected chi connectivity index (χ1v) is 4.03. The Morgan fingerprint density at radius 1 is 1.77 bits per heavy atom. The fraction of sp³-hybridized carbons (Fsp3) is 0.500. The lowest BCUT2D eigenvalue weighted by Gasteiger charge is -2.15. The normalized spacial score (nSPS) is 10.1. The molecule has 0 saturated carbocycles. The largest absolute Gasteiger partial charge is 0.340 e. The second-order valence-corrected chi connectivity index (χ2v) is 2.61. The molecular weight excluding hydrogens is 170 g/mol. The molecule has 0 atom stereocenters. The lowest BCUT2D eigenvalue weighted by molar-refractivity contribution is -0.0918. The summed E-state index contributed by atoms with van der Waals surface area (Å²) >= 11 is 0. The molecule has 0 aliphatic heterocycles. The Morgan fingerprint density at radius 2 is 2.46 bits per heavy atom.